The van der Waals surface area contributed by atoms with E-state index in [1.165, 1.54) is 32.1 Å². The van der Waals surface area contributed by atoms with Crippen LogP contribution in [0.4, 0.5) is 0 Å². The van der Waals surface area contributed by atoms with Crippen molar-refractivity contribution in [3.05, 3.63) is 35.9 Å². The second-order valence-electron chi connectivity index (χ2n) is 7.40. The van der Waals surface area contributed by atoms with Crippen molar-refractivity contribution in [3.63, 3.8) is 0 Å². The van der Waals surface area contributed by atoms with Gasteiger partial charge in [0.25, 0.3) is 0 Å². The molecule has 2 atom stereocenters. The maximum absolute atomic E-state index is 13.1. The van der Waals surface area contributed by atoms with E-state index in [2.05, 4.69) is 29.3 Å². The predicted octanol–water partition coefficient (Wildman–Crippen LogP) is 3.91. The van der Waals surface area contributed by atoms with E-state index in [0.717, 1.165) is 31.5 Å². The molecule has 2 fully saturated rings. The van der Waals surface area contributed by atoms with Crippen molar-refractivity contribution in [1.82, 2.24) is 10.2 Å². The lowest BCUT2D eigenvalue weighted by Gasteiger charge is -2.37. The lowest BCUT2D eigenvalue weighted by molar-refractivity contribution is -0.128. The Morgan fingerprint density at radius 1 is 1.09 bits per heavy atom. The maximum Gasteiger partial charge on any atom is 0.242 e. The Morgan fingerprint density at radius 2 is 1.83 bits per heavy atom. The summed E-state index contributed by atoms with van der Waals surface area (Å²) >= 11 is 0. The van der Waals surface area contributed by atoms with Gasteiger partial charge in [-0.05, 0) is 43.7 Å². The van der Waals surface area contributed by atoms with Crippen molar-refractivity contribution < 1.29 is 4.79 Å². The summed E-state index contributed by atoms with van der Waals surface area (Å²) in [6.45, 7) is 4.35. The molecule has 1 aromatic rings. The third-order valence-electron chi connectivity index (χ3n) is 5.37. The molecule has 3 rings (SSSR count). The predicted molar refractivity (Wildman–Crippen MR) is 94.2 cm³/mol. The summed E-state index contributed by atoms with van der Waals surface area (Å²) in [5, 5.41) is 3.35. The van der Waals surface area contributed by atoms with Gasteiger partial charge in [-0.2, -0.15) is 0 Å². The second kappa shape index (κ2) is 7.96. The fourth-order valence-corrected chi connectivity index (χ4v) is 4.15. The zero-order chi connectivity index (χ0) is 16.1. The Kier molecular flexibility index (Phi) is 5.71. The Morgan fingerprint density at radius 3 is 2.52 bits per heavy atom. The number of rotatable bonds is 4. The average molecular weight is 314 g/mol. The molecule has 0 spiro atoms. The van der Waals surface area contributed by atoms with Crippen LogP contribution in [0.1, 0.15) is 63.5 Å². The Labute approximate surface area is 140 Å². The highest BCUT2D eigenvalue weighted by Crippen LogP contribution is 2.28. The van der Waals surface area contributed by atoms with Crippen LogP contribution in [0.15, 0.2) is 30.3 Å². The van der Waals surface area contributed by atoms with Crippen LogP contribution in [-0.4, -0.2) is 29.9 Å². The second-order valence-corrected chi connectivity index (χ2v) is 7.40. The molecule has 1 aromatic carbocycles. The Bertz CT molecular complexity index is 496. The number of piperidine rings is 1. The van der Waals surface area contributed by atoms with Crippen LogP contribution >= 0.6 is 0 Å². The van der Waals surface area contributed by atoms with Crippen LogP contribution in [0, 0.1) is 5.92 Å². The van der Waals surface area contributed by atoms with E-state index in [0.29, 0.717) is 12.0 Å². The number of nitrogens with zero attached hydrogens (tertiary/aromatic N) is 1. The standard InChI is InChI=1S/C20H30N2O/c1-16-9-8-14-22(15-16)19(17-10-4-2-5-11-17)20(23)21-18-12-6-3-7-13-18/h2,4-5,10-11,16,18-19H,3,6-9,12-15H2,1H3,(H,21,23)/t16-,19+/m0/s1. The highest BCUT2D eigenvalue weighted by molar-refractivity contribution is 5.83. The van der Waals surface area contributed by atoms with Crippen LogP contribution in [0.3, 0.4) is 0 Å². The van der Waals surface area contributed by atoms with Crippen LogP contribution in [0.2, 0.25) is 0 Å². The lowest BCUT2D eigenvalue weighted by Crippen LogP contribution is -2.47. The molecular weight excluding hydrogens is 284 g/mol. The Hall–Kier alpha value is -1.35. The Balaban J connectivity index is 1.75. The molecule has 1 aliphatic heterocycles. The normalized spacial score (nSPS) is 25.0. The molecule has 0 radical (unpaired) electrons. The molecule has 1 saturated carbocycles. The molecule has 1 heterocycles. The van der Waals surface area contributed by atoms with Crippen molar-refractivity contribution in [2.45, 2.75) is 64.0 Å². The van der Waals surface area contributed by atoms with Crippen molar-refractivity contribution in [2.24, 2.45) is 5.92 Å². The molecule has 126 valence electrons. The molecule has 1 aliphatic carbocycles. The van der Waals surface area contributed by atoms with Gasteiger partial charge in [0.1, 0.15) is 6.04 Å². The third kappa shape index (κ3) is 4.35. The summed E-state index contributed by atoms with van der Waals surface area (Å²) in [5.41, 5.74) is 1.13. The van der Waals surface area contributed by atoms with E-state index in [1.807, 2.05) is 18.2 Å². The average Bonchev–Trinajstić information content (AvgIpc) is 2.57. The summed E-state index contributed by atoms with van der Waals surface area (Å²) in [4.78, 5) is 15.5. The molecule has 3 nitrogen and oxygen atoms in total. The van der Waals surface area contributed by atoms with E-state index in [9.17, 15) is 4.79 Å². The summed E-state index contributed by atoms with van der Waals surface area (Å²) in [6, 6.07) is 10.6. The molecule has 23 heavy (non-hydrogen) atoms. The highest BCUT2D eigenvalue weighted by Gasteiger charge is 2.31. The first-order valence-electron chi connectivity index (χ1n) is 9.33. The van der Waals surface area contributed by atoms with Gasteiger partial charge in [-0.25, -0.2) is 0 Å². The van der Waals surface area contributed by atoms with E-state index in [4.69, 9.17) is 0 Å². The lowest BCUT2D eigenvalue weighted by atomic mass is 9.93. The maximum atomic E-state index is 13.1. The zero-order valence-electron chi connectivity index (χ0n) is 14.3. The van der Waals surface area contributed by atoms with Crippen molar-refractivity contribution in [2.75, 3.05) is 13.1 Å². The van der Waals surface area contributed by atoms with Gasteiger partial charge >= 0.3 is 0 Å². The molecule has 1 amide bonds. The quantitative estimate of drug-likeness (QED) is 0.914. The number of hydrogen-bond donors (Lipinski definition) is 1. The minimum absolute atomic E-state index is 0.124. The van der Waals surface area contributed by atoms with Crippen molar-refractivity contribution in [1.29, 1.82) is 0 Å². The number of likely N-dealkylation sites (tertiary alicyclic amines) is 1. The van der Waals surface area contributed by atoms with Gasteiger partial charge in [-0.15, -0.1) is 0 Å². The van der Waals surface area contributed by atoms with E-state index < -0.39 is 0 Å². The van der Waals surface area contributed by atoms with Gasteiger partial charge in [-0.1, -0.05) is 56.5 Å². The molecule has 1 N–H and O–H groups in total. The number of carbonyl (C=O) groups is 1. The van der Waals surface area contributed by atoms with Crippen molar-refractivity contribution in [3.8, 4) is 0 Å². The number of nitrogens with one attached hydrogen (secondary N) is 1. The monoisotopic (exact) mass is 314 g/mol. The fraction of sp³-hybridized carbons (Fsp3) is 0.650. The molecule has 0 aromatic heterocycles. The van der Waals surface area contributed by atoms with E-state index in [-0.39, 0.29) is 11.9 Å². The van der Waals surface area contributed by atoms with Crippen LogP contribution < -0.4 is 5.32 Å². The molecule has 1 saturated heterocycles. The van der Waals surface area contributed by atoms with Gasteiger partial charge in [0, 0.05) is 12.6 Å². The van der Waals surface area contributed by atoms with Gasteiger partial charge in [0.05, 0.1) is 0 Å². The molecular formula is C20H30N2O. The first-order chi connectivity index (χ1) is 11.2. The van der Waals surface area contributed by atoms with Gasteiger partial charge in [-0.3, -0.25) is 9.69 Å². The third-order valence-corrected chi connectivity index (χ3v) is 5.37. The summed E-state index contributed by atoms with van der Waals surface area (Å²) in [5.74, 6) is 0.884. The van der Waals surface area contributed by atoms with Gasteiger partial charge in [0.15, 0.2) is 0 Å². The number of amides is 1. The minimum atomic E-state index is -0.124. The number of benzene rings is 1. The van der Waals surface area contributed by atoms with E-state index >= 15 is 0 Å². The fourth-order valence-electron chi connectivity index (χ4n) is 4.15. The van der Waals surface area contributed by atoms with Gasteiger partial charge in [0.2, 0.25) is 5.91 Å². The smallest absolute Gasteiger partial charge is 0.242 e. The summed E-state index contributed by atoms with van der Waals surface area (Å²) in [6.07, 6.45) is 8.58. The SMILES string of the molecule is C[C@H]1CCCN([C@@H](C(=O)NC2CCCCC2)c2ccccc2)C1. The van der Waals surface area contributed by atoms with Gasteiger partial charge < -0.3 is 5.32 Å². The van der Waals surface area contributed by atoms with Crippen LogP contribution in [0.5, 0.6) is 0 Å². The molecule has 3 heteroatoms. The highest BCUT2D eigenvalue weighted by atomic mass is 16.2. The summed E-state index contributed by atoms with van der Waals surface area (Å²) in [7, 11) is 0. The zero-order valence-corrected chi connectivity index (χ0v) is 14.3. The largest absolute Gasteiger partial charge is 0.352 e. The first kappa shape index (κ1) is 16.5. The van der Waals surface area contributed by atoms with Crippen LogP contribution in [0.25, 0.3) is 0 Å². The topological polar surface area (TPSA) is 32.3 Å². The molecule has 0 bridgehead atoms. The van der Waals surface area contributed by atoms with Crippen molar-refractivity contribution >= 4 is 5.91 Å². The number of hydrogen-bond acceptors (Lipinski definition) is 2. The summed E-state index contributed by atoms with van der Waals surface area (Å²) < 4.78 is 0. The minimum Gasteiger partial charge on any atom is -0.352 e. The molecule has 2 aliphatic rings. The molecule has 0 unspecified atom stereocenters. The van der Waals surface area contributed by atoms with Crippen LogP contribution in [-0.2, 0) is 4.79 Å². The first-order valence-corrected chi connectivity index (χ1v) is 9.33. The number of carbonyl (C=O) groups excluding carboxylic acids is 1. The van der Waals surface area contributed by atoms with E-state index in [1.54, 1.807) is 0 Å².